The van der Waals surface area contributed by atoms with Crippen LogP contribution in [0, 0.1) is 0 Å². The lowest BCUT2D eigenvalue weighted by atomic mass is 10.1. The van der Waals surface area contributed by atoms with Gasteiger partial charge < -0.3 is 4.57 Å². The van der Waals surface area contributed by atoms with Crippen molar-refractivity contribution in [2.45, 2.75) is 13.1 Å². The summed E-state index contributed by atoms with van der Waals surface area (Å²) in [6, 6.07) is 17.3. The lowest BCUT2D eigenvalue weighted by Crippen LogP contribution is -2.24. The van der Waals surface area contributed by atoms with E-state index in [0.29, 0.717) is 13.1 Å². The summed E-state index contributed by atoms with van der Waals surface area (Å²) < 4.78 is 3.57. The zero-order valence-electron chi connectivity index (χ0n) is 13.4. The second-order valence-corrected chi connectivity index (χ2v) is 6.52. The lowest BCUT2D eigenvalue weighted by molar-refractivity contribution is 0.515. The van der Waals surface area contributed by atoms with Crippen LogP contribution < -0.4 is 5.56 Å². The summed E-state index contributed by atoms with van der Waals surface area (Å²) in [6.07, 6.45) is 3.72. The molecule has 0 unspecified atom stereocenters. The average Bonchev–Trinajstić information content (AvgIpc) is 3.33. The van der Waals surface area contributed by atoms with Crippen LogP contribution in [0.15, 0.2) is 77.2 Å². The number of hydrogen-bond acceptors (Lipinski definition) is 4. The molecule has 0 fully saturated rings. The highest BCUT2D eigenvalue weighted by Crippen LogP contribution is 2.22. The number of thiophene rings is 1. The molecule has 0 aliphatic rings. The maximum Gasteiger partial charge on any atom is 0.266 e. The molecule has 0 aliphatic heterocycles. The number of aryl methyl sites for hydroxylation is 2. The summed E-state index contributed by atoms with van der Waals surface area (Å²) in [5, 5.41) is 6.54. The van der Waals surface area contributed by atoms with Gasteiger partial charge in [-0.15, -0.1) is 11.3 Å². The summed E-state index contributed by atoms with van der Waals surface area (Å²) in [5.41, 5.74) is 1.69. The lowest BCUT2D eigenvalue weighted by Gasteiger charge is -2.09. The molecule has 0 N–H and O–H groups in total. The van der Waals surface area contributed by atoms with Crippen LogP contribution in [0.2, 0.25) is 0 Å². The quantitative estimate of drug-likeness (QED) is 0.554. The highest BCUT2D eigenvalue weighted by Gasteiger charge is 2.08. The van der Waals surface area contributed by atoms with Crippen molar-refractivity contribution in [2.24, 2.45) is 0 Å². The Kier molecular flexibility index (Phi) is 4.26. The minimum atomic E-state index is -0.0996. The fraction of sp³-hybridized carbons (Fsp3) is 0.105. The van der Waals surface area contributed by atoms with Crippen molar-refractivity contribution in [2.75, 3.05) is 0 Å². The Bertz CT molecular complexity index is 1020. The van der Waals surface area contributed by atoms with E-state index >= 15 is 0 Å². The van der Waals surface area contributed by atoms with Crippen LogP contribution in [0.25, 0.3) is 22.0 Å². The van der Waals surface area contributed by atoms with E-state index in [1.807, 2.05) is 54.0 Å². The Morgan fingerprint density at radius 2 is 1.84 bits per heavy atom. The van der Waals surface area contributed by atoms with Crippen molar-refractivity contribution in [1.29, 1.82) is 0 Å². The molecular weight excluding hydrogens is 332 g/mol. The van der Waals surface area contributed by atoms with E-state index in [9.17, 15) is 4.79 Å². The zero-order valence-corrected chi connectivity index (χ0v) is 14.3. The fourth-order valence-corrected chi connectivity index (χ4v) is 3.43. The summed E-state index contributed by atoms with van der Waals surface area (Å²) in [4.78, 5) is 17.7. The molecule has 0 spiro atoms. The predicted octanol–water partition coefficient (Wildman–Crippen LogP) is 3.54. The molecular formula is C19H16N4OS. The van der Waals surface area contributed by atoms with Gasteiger partial charge in [-0.2, -0.15) is 5.10 Å². The van der Waals surface area contributed by atoms with Crippen molar-refractivity contribution in [3.63, 3.8) is 0 Å². The summed E-state index contributed by atoms with van der Waals surface area (Å²) in [7, 11) is 0. The van der Waals surface area contributed by atoms with Gasteiger partial charge in [-0.05, 0) is 17.5 Å². The Balaban J connectivity index is 1.58. The van der Waals surface area contributed by atoms with Crippen molar-refractivity contribution < 1.29 is 0 Å². The van der Waals surface area contributed by atoms with E-state index in [1.165, 1.54) is 4.68 Å². The molecule has 0 saturated heterocycles. The number of nitrogens with zero attached hydrogens (tertiary/aromatic N) is 4. The number of rotatable bonds is 5. The summed E-state index contributed by atoms with van der Waals surface area (Å²) in [6.45, 7) is 1.13. The van der Waals surface area contributed by atoms with Gasteiger partial charge in [-0.1, -0.05) is 36.4 Å². The highest BCUT2D eigenvalue weighted by molar-refractivity contribution is 7.13. The van der Waals surface area contributed by atoms with Gasteiger partial charge in [0.2, 0.25) is 0 Å². The van der Waals surface area contributed by atoms with E-state index in [1.54, 1.807) is 29.7 Å². The van der Waals surface area contributed by atoms with Crippen LogP contribution in [0.3, 0.4) is 0 Å². The maximum absolute atomic E-state index is 12.2. The normalized spacial score (nSPS) is 10.9. The van der Waals surface area contributed by atoms with Crippen molar-refractivity contribution in [1.82, 2.24) is 19.3 Å². The standard InChI is InChI=1S/C19H16N4OS/c24-18-9-8-16(15-5-2-1-3-6-15)21-23(18)13-12-22-11-10-20-19(22)17-7-4-14-25-17/h1-11,14H,12-13H2. The molecule has 5 nitrogen and oxygen atoms in total. The van der Waals surface area contributed by atoms with Crippen molar-refractivity contribution in [3.05, 3.63) is 82.7 Å². The Morgan fingerprint density at radius 3 is 2.64 bits per heavy atom. The van der Waals surface area contributed by atoms with Gasteiger partial charge in [-0.3, -0.25) is 4.79 Å². The molecule has 1 aromatic carbocycles. The molecule has 3 aromatic heterocycles. The largest absolute Gasteiger partial charge is 0.328 e. The second kappa shape index (κ2) is 6.86. The molecule has 0 amide bonds. The smallest absolute Gasteiger partial charge is 0.266 e. The topological polar surface area (TPSA) is 52.7 Å². The first-order chi connectivity index (χ1) is 12.3. The number of aromatic nitrogens is 4. The molecule has 4 rings (SSSR count). The first-order valence-electron chi connectivity index (χ1n) is 8.00. The molecule has 124 valence electrons. The molecule has 3 heterocycles. The first kappa shape index (κ1) is 15.5. The minimum Gasteiger partial charge on any atom is -0.328 e. The van der Waals surface area contributed by atoms with Crippen molar-refractivity contribution >= 4 is 11.3 Å². The Morgan fingerprint density at radius 1 is 0.960 bits per heavy atom. The van der Waals surface area contributed by atoms with Crippen LogP contribution in [-0.2, 0) is 13.1 Å². The van der Waals surface area contributed by atoms with Gasteiger partial charge in [0.1, 0.15) is 5.82 Å². The molecule has 0 aliphatic carbocycles. The van der Waals surface area contributed by atoms with Crippen molar-refractivity contribution in [3.8, 4) is 22.0 Å². The molecule has 6 heteroatoms. The van der Waals surface area contributed by atoms with Gasteiger partial charge >= 0.3 is 0 Å². The van der Waals surface area contributed by atoms with Crippen LogP contribution in [-0.4, -0.2) is 19.3 Å². The Labute approximate surface area is 148 Å². The maximum atomic E-state index is 12.2. The first-order valence-corrected chi connectivity index (χ1v) is 8.88. The van der Waals surface area contributed by atoms with Crippen LogP contribution >= 0.6 is 11.3 Å². The number of imidazole rings is 1. The summed E-state index contributed by atoms with van der Waals surface area (Å²) >= 11 is 1.65. The predicted molar refractivity (Wildman–Crippen MR) is 99.5 cm³/mol. The molecule has 4 aromatic rings. The third-order valence-electron chi connectivity index (χ3n) is 3.95. The Hall–Kier alpha value is -2.99. The van der Waals surface area contributed by atoms with E-state index in [4.69, 9.17) is 0 Å². The van der Waals surface area contributed by atoms with Crippen LogP contribution in [0.5, 0.6) is 0 Å². The highest BCUT2D eigenvalue weighted by atomic mass is 32.1. The SMILES string of the molecule is O=c1ccc(-c2ccccc2)nn1CCn1ccnc1-c1cccs1. The average molecular weight is 348 g/mol. The van der Waals surface area contributed by atoms with E-state index in [-0.39, 0.29) is 5.56 Å². The fourth-order valence-electron chi connectivity index (χ4n) is 2.70. The molecule has 0 saturated carbocycles. The number of benzene rings is 1. The summed E-state index contributed by atoms with van der Waals surface area (Å²) in [5.74, 6) is 0.919. The molecule has 25 heavy (non-hydrogen) atoms. The molecule has 0 bridgehead atoms. The molecule has 0 radical (unpaired) electrons. The van der Waals surface area contributed by atoms with Gasteiger partial charge in [0.25, 0.3) is 5.56 Å². The van der Waals surface area contributed by atoms with Gasteiger partial charge in [0, 0.05) is 30.6 Å². The zero-order chi connectivity index (χ0) is 17.1. The number of hydrogen-bond donors (Lipinski definition) is 0. The third kappa shape index (κ3) is 3.29. The van der Waals surface area contributed by atoms with Crippen LogP contribution in [0.4, 0.5) is 0 Å². The van der Waals surface area contributed by atoms with Gasteiger partial charge in [0.15, 0.2) is 0 Å². The monoisotopic (exact) mass is 348 g/mol. The third-order valence-corrected chi connectivity index (χ3v) is 4.81. The van der Waals surface area contributed by atoms with E-state index < -0.39 is 0 Å². The minimum absolute atomic E-state index is 0.0996. The van der Waals surface area contributed by atoms with Crippen LogP contribution in [0.1, 0.15) is 0 Å². The van der Waals surface area contributed by atoms with Gasteiger partial charge in [-0.25, -0.2) is 9.67 Å². The van der Waals surface area contributed by atoms with Gasteiger partial charge in [0.05, 0.1) is 17.1 Å². The molecule has 0 atom stereocenters. The second-order valence-electron chi connectivity index (χ2n) is 5.57. The van der Waals surface area contributed by atoms with E-state index in [0.717, 1.165) is 22.0 Å². The van der Waals surface area contributed by atoms with E-state index in [2.05, 4.69) is 14.6 Å².